The third-order valence-corrected chi connectivity index (χ3v) is 14.1. The van der Waals surface area contributed by atoms with Gasteiger partial charge < -0.3 is 19.7 Å². The molecule has 4 aromatic carbocycles. The van der Waals surface area contributed by atoms with Crippen molar-refractivity contribution in [2.24, 2.45) is 18.9 Å². The molecule has 0 amide bonds. The smallest absolute Gasteiger partial charge is 0.308 e. The highest BCUT2D eigenvalue weighted by atomic mass is 32.2. The van der Waals surface area contributed by atoms with Crippen molar-refractivity contribution < 1.29 is 36.3 Å². The highest BCUT2D eigenvalue weighted by molar-refractivity contribution is 7.89. The summed E-state index contributed by atoms with van der Waals surface area (Å²) in [5.74, 6) is 4.64. The molecule has 0 aliphatic heterocycles. The monoisotopic (exact) mass is 838 g/mol. The van der Waals surface area contributed by atoms with Gasteiger partial charge in [0.05, 0.1) is 34.4 Å². The molecule has 2 fully saturated rings. The largest absolute Gasteiger partial charge is 0.481 e. The molecule has 0 radical (unpaired) electrons. The quantitative estimate of drug-likeness (QED) is 0.0862. The fourth-order valence-electron chi connectivity index (χ4n) is 7.68. The number of carbonyl (C=O) groups excluding carboxylic acids is 1. The molecule has 1 heterocycles. The second-order valence-corrected chi connectivity index (χ2v) is 18.4. The van der Waals surface area contributed by atoms with Crippen LogP contribution in [0.25, 0.3) is 22.2 Å². The third kappa shape index (κ3) is 10.8. The maximum Gasteiger partial charge on any atom is 0.308 e. The first kappa shape index (κ1) is 43.1. The minimum atomic E-state index is -3.67. The van der Waals surface area contributed by atoms with E-state index < -0.39 is 26.0 Å². The van der Waals surface area contributed by atoms with Gasteiger partial charge in [0.1, 0.15) is 0 Å². The van der Waals surface area contributed by atoms with Gasteiger partial charge in [0.2, 0.25) is 20.0 Å². The van der Waals surface area contributed by atoms with E-state index >= 15 is 0 Å². The summed E-state index contributed by atoms with van der Waals surface area (Å²) < 4.78 is 63.9. The van der Waals surface area contributed by atoms with E-state index in [1.54, 1.807) is 37.4 Å². The number of nitrogens with one attached hydrogen (secondary N) is 3. The Labute approximate surface area is 346 Å². The molecule has 2 aliphatic rings. The van der Waals surface area contributed by atoms with Gasteiger partial charge in [-0.05, 0) is 105 Å². The van der Waals surface area contributed by atoms with Gasteiger partial charge in [-0.15, -0.1) is 0 Å². The number of carbonyl (C=O) groups is 2. The number of rotatable bonds is 10. The summed E-state index contributed by atoms with van der Waals surface area (Å²) >= 11 is 0. The van der Waals surface area contributed by atoms with Crippen LogP contribution in [-0.4, -0.2) is 64.7 Å². The van der Waals surface area contributed by atoms with Crippen LogP contribution in [0.4, 0.5) is 5.69 Å². The number of anilines is 1. The second-order valence-electron chi connectivity index (χ2n) is 14.9. The zero-order chi connectivity index (χ0) is 42.2. The van der Waals surface area contributed by atoms with Crippen molar-refractivity contribution in [2.45, 2.75) is 73.2 Å². The first-order valence-corrected chi connectivity index (χ1v) is 22.6. The van der Waals surface area contributed by atoms with Crippen LogP contribution < -0.4 is 14.8 Å². The number of methoxy groups -OCH3 is 1. The Hall–Kier alpha value is -5.46. The first-order chi connectivity index (χ1) is 28.3. The fraction of sp³-hybridized carbons (Fsp3) is 0.333. The number of sulfonamides is 2. The van der Waals surface area contributed by atoms with Gasteiger partial charge in [0.25, 0.3) is 0 Å². The van der Waals surface area contributed by atoms with Crippen LogP contribution >= 0.6 is 0 Å². The molecule has 0 spiro atoms. The molecule has 0 bridgehead atoms. The normalized spacial score (nSPS) is 19.4. The lowest BCUT2D eigenvalue weighted by molar-refractivity contribution is -0.146. The zero-order valence-corrected chi connectivity index (χ0v) is 35.0. The van der Waals surface area contributed by atoms with Crippen LogP contribution in [-0.2, 0) is 41.4 Å². The molecule has 14 heteroatoms. The van der Waals surface area contributed by atoms with Gasteiger partial charge in [0.15, 0.2) is 0 Å². The molecule has 7 rings (SSSR count). The fourth-order valence-corrected chi connectivity index (χ4v) is 10.3. The van der Waals surface area contributed by atoms with Crippen molar-refractivity contribution in [1.29, 1.82) is 0 Å². The number of carboxylic acid groups (broad SMARTS) is 1. The number of hydrogen-bond donors (Lipinski definition) is 4. The summed E-state index contributed by atoms with van der Waals surface area (Å²) in [4.78, 5) is 23.2. The van der Waals surface area contributed by atoms with E-state index in [1.165, 1.54) is 7.11 Å². The molecule has 2 aliphatic carbocycles. The summed E-state index contributed by atoms with van der Waals surface area (Å²) in [6, 6.07) is 31.3. The number of esters is 1. The molecular weight excluding hydrogens is 789 g/mol. The highest BCUT2D eigenvalue weighted by Crippen LogP contribution is 2.31. The maximum absolute atomic E-state index is 12.9. The predicted octanol–water partition coefficient (Wildman–Crippen LogP) is 6.91. The van der Waals surface area contributed by atoms with E-state index in [-0.39, 0.29) is 39.7 Å². The van der Waals surface area contributed by atoms with Gasteiger partial charge >= 0.3 is 11.9 Å². The molecule has 12 nitrogen and oxygen atoms in total. The van der Waals surface area contributed by atoms with Gasteiger partial charge in [-0.25, -0.2) is 26.3 Å². The number of fused-ring (bicyclic) bond motifs is 1. The van der Waals surface area contributed by atoms with Crippen molar-refractivity contribution >= 4 is 48.6 Å². The number of carboxylic acids is 1. The summed E-state index contributed by atoms with van der Waals surface area (Å²) in [6.45, 7) is 0. The number of hydrogen-bond acceptors (Lipinski definition) is 8. The van der Waals surface area contributed by atoms with Crippen LogP contribution in [0, 0.1) is 23.7 Å². The van der Waals surface area contributed by atoms with Crippen molar-refractivity contribution in [3.8, 4) is 23.1 Å². The molecular formula is C45H50N4O8S2. The van der Waals surface area contributed by atoms with Gasteiger partial charge in [0, 0.05) is 53.9 Å². The highest BCUT2D eigenvalue weighted by Gasteiger charge is 2.31. The molecule has 4 N–H and O–H groups in total. The lowest BCUT2D eigenvalue weighted by Crippen LogP contribution is -2.38. The Kier molecular flexibility index (Phi) is 13.9. The van der Waals surface area contributed by atoms with Gasteiger partial charge in [-0.1, -0.05) is 66.4 Å². The molecule has 0 saturated heterocycles. The average Bonchev–Trinajstić information content (AvgIpc) is 3.58. The number of aromatic nitrogens is 1. The Morgan fingerprint density at radius 2 is 1.24 bits per heavy atom. The summed E-state index contributed by atoms with van der Waals surface area (Å²) in [5.41, 5.74) is 5.20. The topological polar surface area (TPSA) is 173 Å². The SMILES string of the molecule is CNc1cc(S(=O)(=O)NC2CCC(C(=O)OC)CC2)ccc1C#Cc1ccccc1.Cn1c(-c2ccccc2)cc2ccc(S(=O)(=O)NC3CCC(C(=O)O)CC3)cc21. The number of ether oxygens (including phenoxy) is 1. The third-order valence-electron chi connectivity index (χ3n) is 11.1. The van der Waals surface area contributed by atoms with Crippen LogP contribution in [0.1, 0.15) is 62.5 Å². The first-order valence-electron chi connectivity index (χ1n) is 19.7. The van der Waals surface area contributed by atoms with Crippen molar-refractivity contribution in [3.05, 3.63) is 114 Å². The van der Waals surface area contributed by atoms with Gasteiger partial charge in [-0.2, -0.15) is 0 Å². The maximum atomic E-state index is 12.9. The number of aliphatic carboxylic acids is 1. The zero-order valence-electron chi connectivity index (χ0n) is 33.3. The van der Waals surface area contributed by atoms with E-state index in [0.717, 1.165) is 33.3 Å². The molecule has 0 unspecified atom stereocenters. The number of aryl methyl sites for hydroxylation is 1. The minimum Gasteiger partial charge on any atom is -0.481 e. The van der Waals surface area contributed by atoms with E-state index in [9.17, 15) is 26.4 Å². The Morgan fingerprint density at radius 3 is 1.80 bits per heavy atom. The minimum absolute atomic E-state index is 0.144. The van der Waals surface area contributed by atoms with Crippen LogP contribution in [0.3, 0.4) is 0 Å². The Bertz CT molecular complexity index is 2550. The number of benzene rings is 4. The van der Waals surface area contributed by atoms with Crippen molar-refractivity contribution in [1.82, 2.24) is 14.0 Å². The number of nitrogens with zero attached hydrogens (tertiary/aromatic N) is 1. The average molecular weight is 839 g/mol. The predicted molar refractivity (Wildman–Crippen MR) is 229 cm³/mol. The standard InChI is InChI=1S/C23H26N2O4S.C22H24N2O4S/c1-24-22-16-21(15-12-18(22)9-8-17-6-4-3-5-7-17)30(27,28)25-20-13-10-19(11-14-20)23(26)29-2;1-24-20(15-5-3-2-4-6-15)13-17-9-12-19(14-21(17)24)29(27,28)23-18-10-7-16(8-11-18)22(25)26/h3-7,12,15-16,19-20,24-25H,10-11,13-14H2,1-2H3;2-6,9,12-14,16,18,23H,7-8,10-11H2,1H3,(H,25,26). The Balaban J connectivity index is 0.000000198. The van der Waals surface area contributed by atoms with E-state index in [4.69, 9.17) is 9.84 Å². The van der Waals surface area contributed by atoms with E-state index in [2.05, 4.69) is 32.7 Å². The van der Waals surface area contributed by atoms with Crippen LogP contribution in [0.2, 0.25) is 0 Å². The summed E-state index contributed by atoms with van der Waals surface area (Å²) in [6.07, 6.45) is 4.55. The lowest BCUT2D eigenvalue weighted by Gasteiger charge is -2.27. The Morgan fingerprint density at radius 1 is 0.695 bits per heavy atom. The summed E-state index contributed by atoms with van der Waals surface area (Å²) in [5, 5.41) is 13.1. The van der Waals surface area contributed by atoms with Gasteiger partial charge in [-0.3, -0.25) is 9.59 Å². The summed E-state index contributed by atoms with van der Waals surface area (Å²) in [7, 11) is -2.30. The molecule has 5 aromatic rings. The van der Waals surface area contributed by atoms with E-state index in [0.29, 0.717) is 57.1 Å². The van der Waals surface area contributed by atoms with Crippen molar-refractivity contribution in [2.75, 3.05) is 19.5 Å². The molecule has 59 heavy (non-hydrogen) atoms. The molecule has 310 valence electrons. The van der Waals surface area contributed by atoms with Crippen LogP contribution in [0.15, 0.2) is 113 Å². The van der Waals surface area contributed by atoms with Crippen molar-refractivity contribution in [3.63, 3.8) is 0 Å². The van der Waals surface area contributed by atoms with Crippen LogP contribution in [0.5, 0.6) is 0 Å². The van der Waals surface area contributed by atoms with E-state index in [1.807, 2.05) is 78.3 Å². The molecule has 0 atom stereocenters. The lowest BCUT2D eigenvalue weighted by atomic mass is 9.86. The molecule has 1 aromatic heterocycles. The molecule has 2 saturated carbocycles. The second kappa shape index (κ2) is 19.1.